The third kappa shape index (κ3) is 3.60. The minimum absolute atomic E-state index is 0.128. The van der Waals surface area contributed by atoms with Crippen molar-refractivity contribution in [2.24, 2.45) is 7.05 Å². The van der Waals surface area contributed by atoms with Crippen LogP contribution in [0.15, 0.2) is 53.2 Å². The third-order valence-corrected chi connectivity index (χ3v) is 5.04. The van der Waals surface area contributed by atoms with Gasteiger partial charge in [0.15, 0.2) is 0 Å². The number of amides is 1. The van der Waals surface area contributed by atoms with Crippen molar-refractivity contribution in [2.45, 2.75) is 6.92 Å². The third-order valence-electron chi connectivity index (χ3n) is 5.04. The molecule has 7 heteroatoms. The predicted molar refractivity (Wildman–Crippen MR) is 114 cm³/mol. The first-order valence-corrected chi connectivity index (χ1v) is 9.48. The average molecular weight is 415 g/mol. The maximum absolute atomic E-state index is 13.7. The van der Waals surface area contributed by atoms with Gasteiger partial charge in [0.25, 0.3) is 5.91 Å². The van der Waals surface area contributed by atoms with E-state index in [4.69, 9.17) is 10.9 Å². The number of fused-ring (bicyclic) bond motifs is 1. The number of nitrogens with zero attached hydrogens (tertiary/aromatic N) is 2. The number of benzene rings is 2. The van der Waals surface area contributed by atoms with Crippen LogP contribution < -0.4 is 5.32 Å². The highest BCUT2D eigenvalue weighted by Crippen LogP contribution is 2.31. The number of rotatable bonds is 5. The molecular weight excluding hydrogens is 397 g/mol. The van der Waals surface area contributed by atoms with Gasteiger partial charge < -0.3 is 14.4 Å². The Kier molecular flexibility index (Phi) is 5.14. The average Bonchev–Trinajstić information content (AvgIpc) is 3.31. The summed E-state index contributed by atoms with van der Waals surface area (Å²) in [5.41, 5.74) is 2.57. The Balaban J connectivity index is 1.79. The van der Waals surface area contributed by atoms with Gasteiger partial charge in [-0.05, 0) is 31.2 Å². The summed E-state index contributed by atoms with van der Waals surface area (Å²) in [5, 5.41) is 7.28. The minimum Gasteiger partial charge on any atom is -0.360 e. The van der Waals surface area contributed by atoms with Gasteiger partial charge >= 0.3 is 0 Å². The maximum Gasteiger partial charge on any atom is 0.252 e. The first-order valence-electron chi connectivity index (χ1n) is 9.48. The van der Waals surface area contributed by atoms with E-state index in [0.717, 1.165) is 0 Å². The first-order chi connectivity index (χ1) is 14.9. The van der Waals surface area contributed by atoms with Crippen molar-refractivity contribution in [3.63, 3.8) is 0 Å². The van der Waals surface area contributed by atoms with E-state index < -0.39 is 5.82 Å². The standard InChI is InChI=1S/C24H18FN3O3/c1-4-10-26-24(30)16-8-9-18-19(13-28(3)20(18)12-16)23(29)21-14(2)31-27-22(21)15-6-5-7-17(25)11-15/h1,5-9,11-13H,10H2,2-3H3,(H,26,30). The van der Waals surface area contributed by atoms with Crippen LogP contribution in [0.1, 0.15) is 32.0 Å². The molecular formula is C24H18FN3O3. The van der Waals surface area contributed by atoms with Crippen molar-refractivity contribution in [3.05, 3.63) is 76.9 Å². The van der Waals surface area contributed by atoms with E-state index >= 15 is 0 Å². The second-order valence-corrected chi connectivity index (χ2v) is 7.07. The van der Waals surface area contributed by atoms with Crippen molar-refractivity contribution in [2.75, 3.05) is 6.54 Å². The molecule has 0 fully saturated rings. The molecule has 2 aromatic carbocycles. The molecule has 0 aliphatic heterocycles. The fourth-order valence-corrected chi connectivity index (χ4v) is 3.55. The fraction of sp³-hybridized carbons (Fsp3) is 0.125. The van der Waals surface area contributed by atoms with Gasteiger partial charge in [-0.2, -0.15) is 0 Å². The molecule has 0 spiro atoms. The Morgan fingerprint density at radius 3 is 2.81 bits per heavy atom. The molecule has 6 nitrogen and oxygen atoms in total. The van der Waals surface area contributed by atoms with Crippen LogP contribution in [-0.4, -0.2) is 28.0 Å². The number of terminal acetylenes is 1. The Bertz CT molecular complexity index is 1370. The normalized spacial score (nSPS) is 10.8. The van der Waals surface area contributed by atoms with Crippen molar-refractivity contribution in [3.8, 4) is 23.6 Å². The summed E-state index contributed by atoms with van der Waals surface area (Å²) in [6, 6.07) is 10.9. The Morgan fingerprint density at radius 2 is 2.06 bits per heavy atom. The maximum atomic E-state index is 13.7. The van der Waals surface area contributed by atoms with E-state index in [9.17, 15) is 14.0 Å². The van der Waals surface area contributed by atoms with Crippen molar-refractivity contribution < 1.29 is 18.5 Å². The molecule has 2 aromatic heterocycles. The van der Waals surface area contributed by atoms with Crippen LogP contribution in [-0.2, 0) is 7.05 Å². The van der Waals surface area contributed by atoms with Crippen LogP contribution >= 0.6 is 0 Å². The molecule has 1 amide bonds. The zero-order valence-corrected chi connectivity index (χ0v) is 16.9. The van der Waals surface area contributed by atoms with E-state index in [-0.39, 0.29) is 29.5 Å². The number of nitrogens with one attached hydrogen (secondary N) is 1. The van der Waals surface area contributed by atoms with Gasteiger partial charge in [-0.1, -0.05) is 29.3 Å². The van der Waals surface area contributed by atoms with Gasteiger partial charge in [-0.15, -0.1) is 6.42 Å². The summed E-state index contributed by atoms with van der Waals surface area (Å²) >= 11 is 0. The van der Waals surface area contributed by atoms with Gasteiger partial charge in [0.1, 0.15) is 17.3 Å². The molecule has 0 saturated heterocycles. The molecule has 154 valence electrons. The molecule has 0 bridgehead atoms. The van der Waals surface area contributed by atoms with E-state index in [1.165, 1.54) is 12.1 Å². The molecule has 31 heavy (non-hydrogen) atoms. The van der Waals surface area contributed by atoms with Crippen LogP contribution in [0.3, 0.4) is 0 Å². The number of aromatic nitrogens is 2. The second-order valence-electron chi connectivity index (χ2n) is 7.07. The molecule has 0 radical (unpaired) electrons. The van der Waals surface area contributed by atoms with Gasteiger partial charge in [0.05, 0.1) is 12.1 Å². The summed E-state index contributed by atoms with van der Waals surface area (Å²) in [7, 11) is 1.79. The summed E-state index contributed by atoms with van der Waals surface area (Å²) in [6.45, 7) is 1.77. The zero-order chi connectivity index (χ0) is 22.1. The Labute approximate surface area is 177 Å². The highest BCUT2D eigenvalue weighted by molar-refractivity contribution is 6.19. The number of carbonyl (C=O) groups is 2. The van der Waals surface area contributed by atoms with Gasteiger partial charge in [0.2, 0.25) is 5.78 Å². The van der Waals surface area contributed by atoms with Crippen molar-refractivity contribution >= 4 is 22.6 Å². The van der Waals surface area contributed by atoms with Crippen LogP contribution in [0, 0.1) is 25.1 Å². The lowest BCUT2D eigenvalue weighted by molar-refractivity contribution is 0.0958. The number of hydrogen-bond acceptors (Lipinski definition) is 4. The van der Waals surface area contributed by atoms with E-state index in [1.807, 2.05) is 0 Å². The van der Waals surface area contributed by atoms with Crippen LogP contribution in [0.5, 0.6) is 0 Å². The zero-order valence-electron chi connectivity index (χ0n) is 16.9. The number of carbonyl (C=O) groups excluding carboxylic acids is 2. The van der Waals surface area contributed by atoms with Crippen LogP contribution in [0.2, 0.25) is 0 Å². The lowest BCUT2D eigenvalue weighted by Gasteiger charge is -2.04. The van der Waals surface area contributed by atoms with Gasteiger partial charge in [-0.3, -0.25) is 9.59 Å². The lowest BCUT2D eigenvalue weighted by Crippen LogP contribution is -2.23. The SMILES string of the molecule is C#CCNC(=O)c1ccc2c(C(=O)c3c(-c4cccc(F)c4)noc3C)cn(C)c2c1. The largest absolute Gasteiger partial charge is 0.360 e. The molecule has 4 rings (SSSR count). The van der Waals surface area contributed by atoms with Crippen LogP contribution in [0.4, 0.5) is 4.39 Å². The molecule has 0 atom stereocenters. The second kappa shape index (κ2) is 7.92. The van der Waals surface area contributed by atoms with E-state index in [1.54, 1.807) is 55.1 Å². The van der Waals surface area contributed by atoms with Crippen LogP contribution in [0.25, 0.3) is 22.2 Å². The monoisotopic (exact) mass is 415 g/mol. The number of aryl methyl sites for hydroxylation is 2. The number of halogens is 1. The molecule has 0 unspecified atom stereocenters. The minimum atomic E-state index is -0.433. The summed E-state index contributed by atoms with van der Waals surface area (Å²) in [4.78, 5) is 25.7. The number of hydrogen-bond donors (Lipinski definition) is 1. The van der Waals surface area contributed by atoms with E-state index in [2.05, 4.69) is 16.4 Å². The summed E-state index contributed by atoms with van der Waals surface area (Å²) in [6.07, 6.45) is 6.88. The Hall–Kier alpha value is -4.18. The van der Waals surface area contributed by atoms with Crippen molar-refractivity contribution in [1.82, 2.24) is 15.0 Å². The molecule has 0 saturated carbocycles. The van der Waals surface area contributed by atoms with E-state index in [0.29, 0.717) is 33.4 Å². The first kappa shape index (κ1) is 20.1. The molecule has 1 N–H and O–H groups in total. The Morgan fingerprint density at radius 1 is 1.26 bits per heavy atom. The quantitative estimate of drug-likeness (QED) is 0.397. The molecule has 2 heterocycles. The predicted octanol–water partition coefficient (Wildman–Crippen LogP) is 3.87. The fourth-order valence-electron chi connectivity index (χ4n) is 3.55. The van der Waals surface area contributed by atoms with Gasteiger partial charge in [0, 0.05) is 40.8 Å². The highest BCUT2D eigenvalue weighted by atomic mass is 19.1. The van der Waals surface area contributed by atoms with Gasteiger partial charge in [-0.25, -0.2) is 4.39 Å². The lowest BCUT2D eigenvalue weighted by atomic mass is 9.97. The molecule has 4 aromatic rings. The number of ketones is 1. The highest BCUT2D eigenvalue weighted by Gasteiger charge is 2.26. The topological polar surface area (TPSA) is 77.1 Å². The summed E-state index contributed by atoms with van der Waals surface area (Å²) in [5.74, 6) is 1.67. The molecule has 0 aliphatic rings. The smallest absolute Gasteiger partial charge is 0.252 e. The van der Waals surface area contributed by atoms with Crippen molar-refractivity contribution in [1.29, 1.82) is 0 Å². The summed E-state index contributed by atoms with van der Waals surface area (Å²) < 4.78 is 20.8. The molecule has 0 aliphatic carbocycles.